The topological polar surface area (TPSA) is 32.3 Å². The van der Waals surface area contributed by atoms with E-state index in [2.05, 4.69) is 5.32 Å². The highest BCUT2D eigenvalue weighted by Crippen LogP contribution is 2.27. The molecule has 1 aliphatic heterocycles. The predicted molar refractivity (Wildman–Crippen MR) is 49.2 cm³/mol. The van der Waals surface area contributed by atoms with Crippen LogP contribution in [0.2, 0.25) is 0 Å². The number of anilines is 1. The van der Waals surface area contributed by atoms with Crippen LogP contribution < -0.4 is 5.32 Å². The molecule has 0 saturated carbocycles. The lowest BCUT2D eigenvalue weighted by Gasteiger charge is -2.13. The molecule has 0 spiro atoms. The van der Waals surface area contributed by atoms with Crippen LogP contribution in [-0.4, -0.2) is 17.3 Å². The largest absolute Gasteiger partial charge is 0.391 e. The summed E-state index contributed by atoms with van der Waals surface area (Å²) in [5, 5.41) is 12.5. The van der Waals surface area contributed by atoms with Crippen LogP contribution in [0, 0.1) is 5.82 Å². The van der Waals surface area contributed by atoms with E-state index >= 15 is 0 Å². The SMILES string of the molecule is CC(O)C1Cc2cc(F)ccc2N1. The zero-order chi connectivity index (χ0) is 9.42. The van der Waals surface area contributed by atoms with Gasteiger partial charge >= 0.3 is 0 Å². The lowest BCUT2D eigenvalue weighted by Crippen LogP contribution is -2.28. The Morgan fingerprint density at radius 2 is 2.38 bits per heavy atom. The Balaban J connectivity index is 2.25. The van der Waals surface area contributed by atoms with Gasteiger partial charge in [-0.3, -0.25) is 0 Å². The highest BCUT2D eigenvalue weighted by Gasteiger charge is 2.24. The summed E-state index contributed by atoms with van der Waals surface area (Å²) >= 11 is 0. The lowest BCUT2D eigenvalue weighted by molar-refractivity contribution is 0.174. The summed E-state index contributed by atoms with van der Waals surface area (Å²) in [6.07, 6.45) is 0.292. The number of benzene rings is 1. The molecule has 0 fully saturated rings. The predicted octanol–water partition coefficient (Wildman–Crippen LogP) is 1.54. The van der Waals surface area contributed by atoms with E-state index in [0.717, 1.165) is 11.3 Å². The van der Waals surface area contributed by atoms with Gasteiger partial charge in [-0.05, 0) is 37.1 Å². The molecule has 1 aromatic rings. The van der Waals surface area contributed by atoms with E-state index < -0.39 is 6.10 Å². The van der Waals surface area contributed by atoms with Crippen molar-refractivity contribution in [3.63, 3.8) is 0 Å². The zero-order valence-corrected chi connectivity index (χ0v) is 7.42. The number of rotatable bonds is 1. The van der Waals surface area contributed by atoms with Crippen LogP contribution in [-0.2, 0) is 6.42 Å². The van der Waals surface area contributed by atoms with Gasteiger partial charge in [0.15, 0.2) is 0 Å². The smallest absolute Gasteiger partial charge is 0.123 e. The van der Waals surface area contributed by atoms with Gasteiger partial charge in [0.2, 0.25) is 0 Å². The first kappa shape index (κ1) is 8.51. The second-order valence-electron chi connectivity index (χ2n) is 3.50. The Hall–Kier alpha value is -1.09. The van der Waals surface area contributed by atoms with Crippen molar-refractivity contribution in [2.45, 2.75) is 25.5 Å². The fraction of sp³-hybridized carbons (Fsp3) is 0.400. The summed E-state index contributed by atoms with van der Waals surface area (Å²) < 4.78 is 12.8. The van der Waals surface area contributed by atoms with E-state index in [1.165, 1.54) is 12.1 Å². The van der Waals surface area contributed by atoms with Gasteiger partial charge < -0.3 is 10.4 Å². The zero-order valence-electron chi connectivity index (χ0n) is 7.42. The van der Waals surface area contributed by atoms with Crippen molar-refractivity contribution in [3.8, 4) is 0 Å². The molecule has 1 aliphatic rings. The van der Waals surface area contributed by atoms with Gasteiger partial charge in [0.1, 0.15) is 5.82 Å². The van der Waals surface area contributed by atoms with Crippen molar-refractivity contribution in [2.24, 2.45) is 0 Å². The van der Waals surface area contributed by atoms with Crippen molar-refractivity contribution in [1.82, 2.24) is 0 Å². The molecule has 0 amide bonds. The number of hydrogen-bond acceptors (Lipinski definition) is 2. The molecule has 0 aromatic heterocycles. The quantitative estimate of drug-likeness (QED) is 0.688. The van der Waals surface area contributed by atoms with Crippen LogP contribution in [0.3, 0.4) is 0 Å². The molecule has 2 rings (SSSR count). The summed E-state index contributed by atoms with van der Waals surface area (Å²) in [7, 11) is 0. The summed E-state index contributed by atoms with van der Waals surface area (Å²) in [6, 6.07) is 4.69. The van der Waals surface area contributed by atoms with E-state index in [1.54, 1.807) is 13.0 Å². The third-order valence-corrected chi connectivity index (χ3v) is 2.43. The van der Waals surface area contributed by atoms with Crippen molar-refractivity contribution in [1.29, 1.82) is 0 Å². The Bertz CT molecular complexity index is 325. The lowest BCUT2D eigenvalue weighted by atomic mass is 10.1. The monoisotopic (exact) mass is 181 g/mol. The highest BCUT2D eigenvalue weighted by atomic mass is 19.1. The maximum absolute atomic E-state index is 12.8. The van der Waals surface area contributed by atoms with Gasteiger partial charge in [0, 0.05) is 5.69 Å². The summed E-state index contributed by atoms with van der Waals surface area (Å²) in [5.41, 5.74) is 1.89. The third-order valence-electron chi connectivity index (χ3n) is 2.43. The summed E-state index contributed by atoms with van der Waals surface area (Å²) in [4.78, 5) is 0. The number of aliphatic hydroxyl groups is 1. The maximum atomic E-state index is 12.8. The van der Waals surface area contributed by atoms with Crippen LogP contribution in [0.5, 0.6) is 0 Å². The first-order valence-electron chi connectivity index (χ1n) is 4.40. The van der Waals surface area contributed by atoms with Crippen LogP contribution >= 0.6 is 0 Å². The molecular formula is C10H12FNO. The highest BCUT2D eigenvalue weighted by molar-refractivity contribution is 5.57. The van der Waals surface area contributed by atoms with Crippen molar-refractivity contribution < 1.29 is 9.50 Å². The van der Waals surface area contributed by atoms with Gasteiger partial charge in [0.25, 0.3) is 0 Å². The maximum Gasteiger partial charge on any atom is 0.123 e. The van der Waals surface area contributed by atoms with E-state index in [1.807, 2.05) is 0 Å². The Morgan fingerprint density at radius 3 is 3.08 bits per heavy atom. The fourth-order valence-electron chi connectivity index (χ4n) is 1.65. The fourth-order valence-corrected chi connectivity index (χ4v) is 1.65. The molecule has 1 aromatic carbocycles. The summed E-state index contributed by atoms with van der Waals surface area (Å²) in [5.74, 6) is -0.216. The standard InChI is InChI=1S/C10H12FNO/c1-6(13)10-5-7-4-8(11)2-3-9(7)12-10/h2-4,6,10,12-13H,5H2,1H3. The minimum absolute atomic E-state index is 0.0248. The molecule has 2 atom stereocenters. The van der Waals surface area contributed by atoms with Crippen molar-refractivity contribution in [2.75, 3.05) is 5.32 Å². The average molecular weight is 181 g/mol. The van der Waals surface area contributed by atoms with Gasteiger partial charge in [-0.1, -0.05) is 0 Å². The van der Waals surface area contributed by atoms with Gasteiger partial charge in [0.05, 0.1) is 12.1 Å². The molecule has 0 bridgehead atoms. The van der Waals surface area contributed by atoms with E-state index in [9.17, 15) is 9.50 Å². The van der Waals surface area contributed by atoms with Crippen LogP contribution in [0.15, 0.2) is 18.2 Å². The molecule has 2 unspecified atom stereocenters. The molecule has 2 N–H and O–H groups in total. The molecule has 0 saturated heterocycles. The Labute approximate surface area is 76.4 Å². The number of nitrogens with one attached hydrogen (secondary N) is 1. The normalized spacial score (nSPS) is 22.2. The van der Waals surface area contributed by atoms with E-state index in [-0.39, 0.29) is 11.9 Å². The molecule has 0 radical (unpaired) electrons. The van der Waals surface area contributed by atoms with Crippen LogP contribution in [0.25, 0.3) is 0 Å². The van der Waals surface area contributed by atoms with Gasteiger partial charge in [-0.2, -0.15) is 0 Å². The second kappa shape index (κ2) is 3.00. The van der Waals surface area contributed by atoms with Gasteiger partial charge in [-0.15, -0.1) is 0 Å². The number of fused-ring (bicyclic) bond motifs is 1. The molecule has 0 aliphatic carbocycles. The minimum Gasteiger partial charge on any atom is -0.391 e. The average Bonchev–Trinajstić information content (AvgIpc) is 2.46. The first-order chi connectivity index (χ1) is 6.16. The van der Waals surface area contributed by atoms with Crippen molar-refractivity contribution in [3.05, 3.63) is 29.6 Å². The van der Waals surface area contributed by atoms with E-state index in [0.29, 0.717) is 6.42 Å². The molecular weight excluding hydrogens is 169 g/mol. The van der Waals surface area contributed by atoms with E-state index in [4.69, 9.17) is 0 Å². The molecule has 70 valence electrons. The first-order valence-corrected chi connectivity index (χ1v) is 4.40. The number of aliphatic hydroxyl groups excluding tert-OH is 1. The van der Waals surface area contributed by atoms with Crippen LogP contribution in [0.1, 0.15) is 12.5 Å². The molecule has 13 heavy (non-hydrogen) atoms. The number of halogens is 1. The Kier molecular flexibility index (Phi) is 1.96. The minimum atomic E-state index is -0.407. The van der Waals surface area contributed by atoms with Crippen LogP contribution in [0.4, 0.5) is 10.1 Å². The second-order valence-corrected chi connectivity index (χ2v) is 3.50. The third kappa shape index (κ3) is 1.52. The molecule has 1 heterocycles. The van der Waals surface area contributed by atoms with Gasteiger partial charge in [-0.25, -0.2) is 4.39 Å². The van der Waals surface area contributed by atoms with Crippen molar-refractivity contribution >= 4 is 5.69 Å². The summed E-state index contributed by atoms with van der Waals surface area (Å²) in [6.45, 7) is 1.74. The molecule has 3 heteroatoms. The Morgan fingerprint density at radius 1 is 1.62 bits per heavy atom. The molecule has 2 nitrogen and oxygen atoms in total. The number of hydrogen-bond donors (Lipinski definition) is 2.